The summed E-state index contributed by atoms with van der Waals surface area (Å²) in [4.78, 5) is 13.8. The summed E-state index contributed by atoms with van der Waals surface area (Å²) >= 11 is 0. The van der Waals surface area contributed by atoms with Crippen LogP contribution in [0.15, 0.2) is 12.2 Å². The minimum atomic E-state index is -0.386. The lowest BCUT2D eigenvalue weighted by molar-refractivity contribution is 0.0284. The van der Waals surface area contributed by atoms with E-state index in [1.807, 2.05) is 25.7 Å². The maximum atomic E-state index is 11.9. The third kappa shape index (κ3) is 2.57. The van der Waals surface area contributed by atoms with Crippen molar-refractivity contribution in [1.29, 1.82) is 0 Å². The smallest absolute Gasteiger partial charge is 0.410 e. The molecule has 0 unspecified atom stereocenters. The average molecular weight is 223 g/mol. The van der Waals surface area contributed by atoms with Crippen LogP contribution >= 0.6 is 0 Å². The molecular formula is C13H21NO2. The van der Waals surface area contributed by atoms with Crippen molar-refractivity contribution >= 4 is 6.09 Å². The molecule has 1 amide bonds. The van der Waals surface area contributed by atoms with Gasteiger partial charge in [0.1, 0.15) is 5.60 Å². The Kier molecular flexibility index (Phi) is 2.96. The zero-order valence-corrected chi connectivity index (χ0v) is 10.4. The minimum absolute atomic E-state index is 0.151. The Morgan fingerprint density at radius 2 is 1.69 bits per heavy atom. The van der Waals surface area contributed by atoms with E-state index in [4.69, 9.17) is 4.74 Å². The molecule has 2 rings (SSSR count). The number of hydrogen-bond donors (Lipinski definition) is 0. The molecule has 0 saturated carbocycles. The first kappa shape index (κ1) is 11.5. The highest BCUT2D eigenvalue weighted by molar-refractivity contribution is 5.68. The van der Waals surface area contributed by atoms with Crippen LogP contribution in [0.25, 0.3) is 0 Å². The fourth-order valence-corrected chi connectivity index (χ4v) is 2.49. The van der Waals surface area contributed by atoms with E-state index in [9.17, 15) is 4.79 Å². The molecule has 1 aliphatic heterocycles. The maximum absolute atomic E-state index is 11.9. The van der Waals surface area contributed by atoms with Crippen LogP contribution in [0.5, 0.6) is 0 Å². The molecule has 16 heavy (non-hydrogen) atoms. The summed E-state index contributed by atoms with van der Waals surface area (Å²) in [6.45, 7) is 7.47. The molecule has 0 aromatic rings. The quantitative estimate of drug-likeness (QED) is 0.591. The standard InChI is InChI=1S/C13H21NO2/c1-13(2,3)16-12(15)14-8-10-6-4-5-7-11(10)9-14/h4-5,10-11H,6-9H2,1-3H3/t10-,11-/m0/s1. The van der Waals surface area contributed by atoms with Gasteiger partial charge in [0.05, 0.1) is 0 Å². The van der Waals surface area contributed by atoms with Gasteiger partial charge in [-0.3, -0.25) is 0 Å². The van der Waals surface area contributed by atoms with Gasteiger partial charge < -0.3 is 9.64 Å². The van der Waals surface area contributed by atoms with Crippen molar-refractivity contribution in [3.8, 4) is 0 Å². The second kappa shape index (κ2) is 4.11. The monoisotopic (exact) mass is 223 g/mol. The molecule has 1 aliphatic carbocycles. The van der Waals surface area contributed by atoms with Gasteiger partial charge in [0, 0.05) is 13.1 Å². The van der Waals surface area contributed by atoms with E-state index in [2.05, 4.69) is 12.2 Å². The second-order valence-corrected chi connectivity index (χ2v) is 5.85. The van der Waals surface area contributed by atoms with Crippen LogP contribution in [0.4, 0.5) is 4.79 Å². The van der Waals surface area contributed by atoms with Crippen molar-refractivity contribution in [2.24, 2.45) is 11.8 Å². The number of carbonyl (C=O) groups is 1. The van der Waals surface area contributed by atoms with E-state index in [-0.39, 0.29) is 11.7 Å². The molecule has 0 aromatic carbocycles. The van der Waals surface area contributed by atoms with Crippen molar-refractivity contribution in [2.75, 3.05) is 13.1 Å². The third-order valence-electron chi connectivity index (χ3n) is 3.27. The maximum Gasteiger partial charge on any atom is 0.410 e. The number of amides is 1. The van der Waals surface area contributed by atoms with Crippen molar-refractivity contribution < 1.29 is 9.53 Å². The van der Waals surface area contributed by atoms with E-state index in [1.54, 1.807) is 0 Å². The lowest BCUT2D eigenvalue weighted by Gasteiger charge is -2.24. The zero-order valence-electron chi connectivity index (χ0n) is 10.4. The second-order valence-electron chi connectivity index (χ2n) is 5.85. The summed E-state index contributed by atoms with van der Waals surface area (Å²) in [5, 5.41) is 0. The molecule has 90 valence electrons. The summed E-state index contributed by atoms with van der Waals surface area (Å²) < 4.78 is 5.39. The van der Waals surface area contributed by atoms with Gasteiger partial charge in [-0.2, -0.15) is 0 Å². The van der Waals surface area contributed by atoms with Crippen LogP contribution in [-0.4, -0.2) is 29.7 Å². The van der Waals surface area contributed by atoms with Gasteiger partial charge >= 0.3 is 6.09 Å². The zero-order chi connectivity index (χ0) is 11.8. The van der Waals surface area contributed by atoms with Crippen molar-refractivity contribution in [3.63, 3.8) is 0 Å². The van der Waals surface area contributed by atoms with Gasteiger partial charge in [-0.15, -0.1) is 0 Å². The molecule has 1 heterocycles. The number of nitrogens with zero attached hydrogens (tertiary/aromatic N) is 1. The molecular weight excluding hydrogens is 202 g/mol. The lowest BCUT2D eigenvalue weighted by Crippen LogP contribution is -2.35. The Morgan fingerprint density at radius 1 is 1.19 bits per heavy atom. The molecule has 3 nitrogen and oxygen atoms in total. The molecule has 1 saturated heterocycles. The highest BCUT2D eigenvalue weighted by Crippen LogP contribution is 2.33. The molecule has 2 aliphatic rings. The predicted molar refractivity (Wildman–Crippen MR) is 63.2 cm³/mol. The normalized spacial score (nSPS) is 29.1. The van der Waals surface area contributed by atoms with Crippen LogP contribution < -0.4 is 0 Å². The summed E-state index contributed by atoms with van der Waals surface area (Å²) in [6.07, 6.45) is 6.55. The summed E-state index contributed by atoms with van der Waals surface area (Å²) in [5.74, 6) is 1.30. The van der Waals surface area contributed by atoms with E-state index < -0.39 is 0 Å². The Balaban J connectivity index is 1.91. The van der Waals surface area contributed by atoms with Gasteiger partial charge in [-0.1, -0.05) is 12.2 Å². The minimum Gasteiger partial charge on any atom is -0.444 e. The average Bonchev–Trinajstić information content (AvgIpc) is 2.58. The highest BCUT2D eigenvalue weighted by Gasteiger charge is 2.36. The largest absolute Gasteiger partial charge is 0.444 e. The molecule has 0 aromatic heterocycles. The third-order valence-corrected chi connectivity index (χ3v) is 3.27. The summed E-state index contributed by atoms with van der Waals surface area (Å²) in [5.41, 5.74) is -0.386. The van der Waals surface area contributed by atoms with E-state index in [1.165, 1.54) is 0 Å². The van der Waals surface area contributed by atoms with Crippen molar-refractivity contribution in [3.05, 3.63) is 12.2 Å². The van der Waals surface area contributed by atoms with Crippen LogP contribution in [0.2, 0.25) is 0 Å². The van der Waals surface area contributed by atoms with Gasteiger partial charge in [-0.05, 0) is 45.4 Å². The van der Waals surface area contributed by atoms with Gasteiger partial charge in [0.2, 0.25) is 0 Å². The van der Waals surface area contributed by atoms with Crippen molar-refractivity contribution in [2.45, 2.75) is 39.2 Å². The summed E-state index contributed by atoms with van der Waals surface area (Å²) in [6, 6.07) is 0. The molecule has 0 bridgehead atoms. The predicted octanol–water partition coefficient (Wildman–Crippen LogP) is 2.82. The Morgan fingerprint density at radius 3 is 2.12 bits per heavy atom. The first-order chi connectivity index (χ1) is 7.46. The molecule has 0 spiro atoms. The molecule has 2 atom stereocenters. The SMILES string of the molecule is CC(C)(C)OC(=O)N1C[C@@H]2CC=CC[C@H]2C1. The topological polar surface area (TPSA) is 29.5 Å². The fraction of sp³-hybridized carbons (Fsp3) is 0.769. The van der Waals surface area contributed by atoms with Crippen molar-refractivity contribution in [1.82, 2.24) is 4.90 Å². The first-order valence-electron chi connectivity index (χ1n) is 6.08. The highest BCUT2D eigenvalue weighted by atomic mass is 16.6. The number of fused-ring (bicyclic) bond motifs is 1. The molecule has 0 radical (unpaired) electrons. The van der Waals surface area contributed by atoms with Gasteiger partial charge in [0.25, 0.3) is 0 Å². The van der Waals surface area contributed by atoms with E-state index in [0.717, 1.165) is 25.9 Å². The van der Waals surface area contributed by atoms with Crippen LogP contribution in [0.3, 0.4) is 0 Å². The lowest BCUT2D eigenvalue weighted by atomic mass is 9.86. The van der Waals surface area contributed by atoms with E-state index in [0.29, 0.717) is 11.8 Å². The van der Waals surface area contributed by atoms with Crippen LogP contribution in [-0.2, 0) is 4.74 Å². The molecule has 3 heteroatoms. The number of carbonyl (C=O) groups excluding carboxylic acids is 1. The van der Waals surface area contributed by atoms with Gasteiger partial charge in [0.15, 0.2) is 0 Å². The van der Waals surface area contributed by atoms with Crippen LogP contribution in [0, 0.1) is 11.8 Å². The number of hydrogen-bond acceptors (Lipinski definition) is 2. The molecule has 0 N–H and O–H groups in total. The molecule has 1 fully saturated rings. The van der Waals surface area contributed by atoms with E-state index >= 15 is 0 Å². The summed E-state index contributed by atoms with van der Waals surface area (Å²) in [7, 11) is 0. The van der Waals surface area contributed by atoms with Crippen LogP contribution in [0.1, 0.15) is 33.6 Å². The van der Waals surface area contributed by atoms with Gasteiger partial charge in [-0.25, -0.2) is 4.79 Å². The number of rotatable bonds is 0. The Hall–Kier alpha value is -0.990. The fourth-order valence-electron chi connectivity index (χ4n) is 2.49. The first-order valence-corrected chi connectivity index (χ1v) is 6.08. The Labute approximate surface area is 97.5 Å². The number of ether oxygens (including phenoxy) is 1. The number of likely N-dealkylation sites (tertiary alicyclic amines) is 1. The Bertz CT molecular complexity index is 288. The number of allylic oxidation sites excluding steroid dienone is 2.